The van der Waals surface area contributed by atoms with Gasteiger partial charge in [-0.3, -0.25) is 0 Å². The number of hydrogen-bond donors (Lipinski definition) is 1. The maximum atomic E-state index is 5.37. The second-order valence-electron chi connectivity index (χ2n) is 2.60. The van der Waals surface area contributed by atoms with Crippen molar-refractivity contribution in [2.75, 3.05) is 13.7 Å². The highest BCUT2D eigenvalue weighted by Crippen LogP contribution is 2.11. The second kappa shape index (κ2) is 5.89. The molecular formula is C7H19NOSi. The summed E-state index contributed by atoms with van der Waals surface area (Å²) in [6, 6.07) is 0. The summed E-state index contributed by atoms with van der Waals surface area (Å²) < 4.78 is 5.37. The summed E-state index contributed by atoms with van der Waals surface area (Å²) in [4.78, 5) is 3.40. The van der Waals surface area contributed by atoms with Crippen molar-refractivity contribution in [3.8, 4) is 0 Å². The molecule has 3 heteroatoms. The number of rotatable bonds is 5. The Labute approximate surface area is 65.8 Å². The second-order valence-corrected chi connectivity index (χ2v) is 5.46. The molecule has 0 rings (SSSR count). The zero-order valence-electron chi connectivity index (χ0n) is 7.48. The first-order chi connectivity index (χ1) is 4.76. The molecule has 0 amide bonds. The summed E-state index contributed by atoms with van der Waals surface area (Å²) >= 11 is 0. The van der Waals surface area contributed by atoms with Crippen LogP contribution in [0.2, 0.25) is 5.54 Å². The van der Waals surface area contributed by atoms with E-state index in [2.05, 4.69) is 25.8 Å². The normalized spacial score (nSPS) is 16.8. The van der Waals surface area contributed by atoms with Crippen molar-refractivity contribution < 1.29 is 4.43 Å². The van der Waals surface area contributed by atoms with Crippen LogP contribution in [0.1, 0.15) is 27.2 Å². The highest BCUT2D eigenvalue weighted by molar-refractivity contribution is 6.50. The summed E-state index contributed by atoms with van der Waals surface area (Å²) in [5.41, 5.74) is 0.741. The first-order valence-electron chi connectivity index (χ1n) is 4.02. The third-order valence-corrected chi connectivity index (χ3v) is 4.64. The van der Waals surface area contributed by atoms with Crippen LogP contribution >= 0.6 is 0 Å². The molecule has 0 aliphatic rings. The monoisotopic (exact) mass is 161 g/mol. The van der Waals surface area contributed by atoms with Crippen molar-refractivity contribution in [1.82, 2.24) is 4.98 Å². The fourth-order valence-electron chi connectivity index (χ4n) is 0.932. The van der Waals surface area contributed by atoms with Gasteiger partial charge in [-0.1, -0.05) is 27.2 Å². The van der Waals surface area contributed by atoms with E-state index in [1.165, 1.54) is 6.42 Å². The molecule has 0 aromatic rings. The van der Waals surface area contributed by atoms with E-state index < -0.39 is 9.20 Å². The lowest BCUT2D eigenvalue weighted by Crippen LogP contribution is -2.39. The molecule has 0 fully saturated rings. The van der Waals surface area contributed by atoms with E-state index in [1.807, 2.05) is 7.11 Å². The molecule has 62 valence electrons. The largest absolute Gasteiger partial charge is 0.409 e. The number of hydrogen-bond acceptors (Lipinski definition) is 2. The highest BCUT2D eigenvalue weighted by atomic mass is 28.3. The van der Waals surface area contributed by atoms with Crippen LogP contribution in [-0.4, -0.2) is 22.9 Å². The van der Waals surface area contributed by atoms with Crippen LogP contribution in [0.5, 0.6) is 0 Å². The molecule has 0 bridgehead atoms. The van der Waals surface area contributed by atoms with E-state index in [0.717, 1.165) is 12.1 Å². The zero-order valence-corrected chi connectivity index (χ0v) is 8.63. The molecule has 0 aliphatic heterocycles. The minimum atomic E-state index is -1.06. The average molecular weight is 161 g/mol. The number of nitrogens with one attached hydrogen (secondary N) is 1. The Morgan fingerprint density at radius 2 is 2.10 bits per heavy atom. The SMILES string of the molecule is CCN[SiH](OC)C(C)CC. The van der Waals surface area contributed by atoms with Crippen LogP contribution < -0.4 is 4.98 Å². The highest BCUT2D eigenvalue weighted by Gasteiger charge is 2.15. The molecule has 2 nitrogen and oxygen atoms in total. The third-order valence-electron chi connectivity index (χ3n) is 1.82. The Bertz CT molecular complexity index is 80.0. The average Bonchev–Trinajstić information content (AvgIpc) is 1.99. The van der Waals surface area contributed by atoms with E-state index in [1.54, 1.807) is 0 Å². The van der Waals surface area contributed by atoms with Crippen molar-refractivity contribution in [1.29, 1.82) is 0 Å². The van der Waals surface area contributed by atoms with Gasteiger partial charge in [-0.25, -0.2) is 0 Å². The Morgan fingerprint density at radius 3 is 2.40 bits per heavy atom. The van der Waals surface area contributed by atoms with E-state index in [4.69, 9.17) is 4.43 Å². The van der Waals surface area contributed by atoms with E-state index in [-0.39, 0.29) is 0 Å². The van der Waals surface area contributed by atoms with Gasteiger partial charge in [0.05, 0.1) is 0 Å². The van der Waals surface area contributed by atoms with Crippen LogP contribution in [-0.2, 0) is 4.43 Å². The first-order valence-corrected chi connectivity index (χ1v) is 5.73. The molecule has 0 aromatic heterocycles. The Balaban J connectivity index is 3.56. The zero-order chi connectivity index (χ0) is 7.98. The maximum Gasteiger partial charge on any atom is 0.254 e. The lowest BCUT2D eigenvalue weighted by atomic mass is 10.4. The molecule has 10 heavy (non-hydrogen) atoms. The summed E-state index contributed by atoms with van der Waals surface area (Å²) in [6.45, 7) is 7.63. The lowest BCUT2D eigenvalue weighted by Gasteiger charge is -2.19. The first kappa shape index (κ1) is 10.1. The summed E-state index contributed by atoms with van der Waals surface area (Å²) in [7, 11) is 0.754. The predicted octanol–water partition coefficient (Wildman–Crippen LogP) is 1.26. The summed E-state index contributed by atoms with van der Waals surface area (Å²) in [6.07, 6.45) is 1.22. The predicted molar refractivity (Wildman–Crippen MR) is 47.5 cm³/mol. The fourth-order valence-corrected chi connectivity index (χ4v) is 2.80. The molecule has 2 atom stereocenters. The third kappa shape index (κ3) is 3.34. The van der Waals surface area contributed by atoms with Gasteiger partial charge in [0.15, 0.2) is 0 Å². The maximum absolute atomic E-state index is 5.37. The van der Waals surface area contributed by atoms with Crippen molar-refractivity contribution in [3.63, 3.8) is 0 Å². The smallest absolute Gasteiger partial charge is 0.254 e. The van der Waals surface area contributed by atoms with Crippen LogP contribution in [0, 0.1) is 0 Å². The standard InChI is InChI=1S/C7H19NOSi/c1-5-7(3)10(9-4)8-6-2/h7-8,10H,5-6H2,1-4H3. The van der Waals surface area contributed by atoms with Gasteiger partial charge in [-0.2, -0.15) is 0 Å². The van der Waals surface area contributed by atoms with Crippen LogP contribution in [0.25, 0.3) is 0 Å². The van der Waals surface area contributed by atoms with Gasteiger partial charge in [0.1, 0.15) is 0 Å². The van der Waals surface area contributed by atoms with Crippen LogP contribution in [0.15, 0.2) is 0 Å². The summed E-state index contributed by atoms with van der Waals surface area (Å²) in [5, 5.41) is 0. The molecule has 0 heterocycles. The van der Waals surface area contributed by atoms with Crippen molar-refractivity contribution in [2.45, 2.75) is 32.7 Å². The van der Waals surface area contributed by atoms with Gasteiger partial charge in [-0.05, 0) is 12.1 Å². The lowest BCUT2D eigenvalue weighted by molar-refractivity contribution is 0.394. The van der Waals surface area contributed by atoms with Crippen LogP contribution in [0.4, 0.5) is 0 Å². The van der Waals surface area contributed by atoms with Crippen molar-refractivity contribution >= 4 is 9.20 Å². The van der Waals surface area contributed by atoms with Gasteiger partial charge in [0.2, 0.25) is 0 Å². The molecule has 0 spiro atoms. The Kier molecular flexibility index (Phi) is 5.97. The molecule has 0 saturated heterocycles. The quantitative estimate of drug-likeness (QED) is 0.613. The molecular weight excluding hydrogens is 142 g/mol. The Hall–Kier alpha value is 0.137. The molecule has 0 aliphatic carbocycles. The van der Waals surface area contributed by atoms with Gasteiger partial charge >= 0.3 is 0 Å². The van der Waals surface area contributed by atoms with E-state index in [9.17, 15) is 0 Å². The molecule has 0 saturated carbocycles. The topological polar surface area (TPSA) is 21.3 Å². The van der Waals surface area contributed by atoms with Gasteiger partial charge < -0.3 is 9.41 Å². The van der Waals surface area contributed by atoms with E-state index in [0.29, 0.717) is 0 Å². The molecule has 0 aromatic carbocycles. The molecule has 2 unspecified atom stereocenters. The minimum Gasteiger partial charge on any atom is -0.409 e. The van der Waals surface area contributed by atoms with Crippen molar-refractivity contribution in [3.05, 3.63) is 0 Å². The van der Waals surface area contributed by atoms with E-state index >= 15 is 0 Å². The minimum absolute atomic E-state index is 0.741. The van der Waals surface area contributed by atoms with Crippen LogP contribution in [0.3, 0.4) is 0 Å². The fraction of sp³-hybridized carbons (Fsp3) is 1.00. The molecule has 1 N–H and O–H groups in total. The van der Waals surface area contributed by atoms with Gasteiger partial charge in [-0.15, -0.1) is 0 Å². The van der Waals surface area contributed by atoms with Gasteiger partial charge in [0, 0.05) is 7.11 Å². The Morgan fingerprint density at radius 1 is 1.50 bits per heavy atom. The van der Waals surface area contributed by atoms with Gasteiger partial charge in [0.25, 0.3) is 9.20 Å². The summed E-state index contributed by atoms with van der Waals surface area (Å²) in [5.74, 6) is 0. The van der Waals surface area contributed by atoms with Crippen molar-refractivity contribution in [2.24, 2.45) is 0 Å². The molecule has 0 radical (unpaired) electrons.